The molecule has 0 fully saturated rings. The summed E-state index contributed by atoms with van der Waals surface area (Å²) in [4.78, 5) is 8.31. The lowest BCUT2D eigenvalue weighted by atomic mass is 10.1. The molecule has 1 aromatic carbocycles. The highest BCUT2D eigenvalue weighted by Crippen LogP contribution is 2.26. The maximum Gasteiger partial charge on any atom is 0.0746 e. The molecule has 0 spiro atoms. The molecule has 0 radical (unpaired) electrons. The minimum atomic E-state index is 0.425. The van der Waals surface area contributed by atoms with E-state index in [1.165, 1.54) is 15.8 Å². The van der Waals surface area contributed by atoms with E-state index in [1.54, 1.807) is 0 Å². The Morgan fingerprint density at radius 1 is 1.15 bits per heavy atom. The van der Waals surface area contributed by atoms with Gasteiger partial charge in [0, 0.05) is 29.0 Å². The maximum atomic E-state index is 4.53. The highest BCUT2D eigenvalue weighted by atomic mass is 32.1. The number of fused-ring (bicyclic) bond motifs is 1. The molecule has 2 heterocycles. The highest BCUT2D eigenvalue weighted by molar-refractivity contribution is 7.10. The van der Waals surface area contributed by atoms with E-state index in [0.29, 0.717) is 6.04 Å². The summed E-state index contributed by atoms with van der Waals surface area (Å²) in [6.07, 6.45) is 1.87. The first-order chi connectivity index (χ1) is 9.75. The van der Waals surface area contributed by atoms with Gasteiger partial charge in [0.25, 0.3) is 0 Å². The number of benzene rings is 1. The van der Waals surface area contributed by atoms with Gasteiger partial charge < -0.3 is 0 Å². The summed E-state index contributed by atoms with van der Waals surface area (Å²) in [6, 6.07) is 15.3. The Balaban J connectivity index is 1.86. The summed E-state index contributed by atoms with van der Waals surface area (Å²) in [7, 11) is 2.17. The molecule has 2 nitrogen and oxygen atoms in total. The standard InChI is InChI=1S/C17H18N2S/c1-13(16-9-5-11-20-16)19(2)12-15-7-3-6-14-8-4-10-18-17(14)15/h3-11,13H,12H2,1-2H3. The molecular formula is C17H18N2S. The third kappa shape index (κ3) is 2.60. The average Bonchev–Trinajstić information content (AvgIpc) is 3.01. The van der Waals surface area contributed by atoms with E-state index in [-0.39, 0.29) is 0 Å². The van der Waals surface area contributed by atoms with Crippen molar-refractivity contribution in [1.82, 2.24) is 9.88 Å². The molecule has 0 aliphatic carbocycles. The largest absolute Gasteiger partial charge is 0.294 e. The van der Waals surface area contributed by atoms with E-state index < -0.39 is 0 Å². The molecule has 3 rings (SSSR count). The van der Waals surface area contributed by atoms with Crippen LogP contribution < -0.4 is 0 Å². The van der Waals surface area contributed by atoms with Gasteiger partial charge in [-0.15, -0.1) is 11.3 Å². The lowest BCUT2D eigenvalue weighted by Crippen LogP contribution is -2.21. The van der Waals surface area contributed by atoms with Gasteiger partial charge in [0.05, 0.1) is 5.52 Å². The number of hydrogen-bond acceptors (Lipinski definition) is 3. The Hall–Kier alpha value is -1.71. The first-order valence-electron chi connectivity index (χ1n) is 6.82. The molecule has 1 unspecified atom stereocenters. The summed E-state index contributed by atoms with van der Waals surface area (Å²) in [6.45, 7) is 3.16. The van der Waals surface area contributed by atoms with Gasteiger partial charge in [-0.2, -0.15) is 0 Å². The van der Waals surface area contributed by atoms with Crippen LogP contribution in [-0.4, -0.2) is 16.9 Å². The molecule has 1 atom stereocenters. The van der Waals surface area contributed by atoms with E-state index in [9.17, 15) is 0 Å². The maximum absolute atomic E-state index is 4.53. The van der Waals surface area contributed by atoms with E-state index in [1.807, 2.05) is 23.6 Å². The van der Waals surface area contributed by atoms with Crippen LogP contribution in [0.1, 0.15) is 23.4 Å². The van der Waals surface area contributed by atoms with Crippen LogP contribution in [0.25, 0.3) is 10.9 Å². The molecule has 0 aliphatic heterocycles. The van der Waals surface area contributed by atoms with Crippen molar-refractivity contribution in [3.63, 3.8) is 0 Å². The second kappa shape index (κ2) is 5.73. The lowest BCUT2D eigenvalue weighted by Gasteiger charge is -2.24. The zero-order valence-electron chi connectivity index (χ0n) is 11.8. The minimum Gasteiger partial charge on any atom is -0.294 e. The fourth-order valence-electron chi connectivity index (χ4n) is 2.45. The number of para-hydroxylation sites is 1. The number of nitrogens with zero attached hydrogens (tertiary/aromatic N) is 2. The Bertz CT molecular complexity index is 686. The van der Waals surface area contributed by atoms with Crippen LogP contribution in [0.5, 0.6) is 0 Å². The second-order valence-electron chi connectivity index (χ2n) is 5.10. The van der Waals surface area contributed by atoms with Crippen LogP contribution in [-0.2, 0) is 6.54 Å². The monoisotopic (exact) mass is 282 g/mol. The van der Waals surface area contributed by atoms with Crippen LogP contribution in [0, 0.1) is 0 Å². The Kier molecular flexibility index (Phi) is 3.81. The highest BCUT2D eigenvalue weighted by Gasteiger charge is 2.14. The first-order valence-corrected chi connectivity index (χ1v) is 7.70. The van der Waals surface area contributed by atoms with Crippen molar-refractivity contribution in [2.24, 2.45) is 0 Å². The molecule has 0 saturated heterocycles. The Morgan fingerprint density at radius 2 is 2.00 bits per heavy atom. The van der Waals surface area contributed by atoms with Crippen LogP contribution in [0.4, 0.5) is 0 Å². The Labute approximate surface area is 123 Å². The zero-order valence-corrected chi connectivity index (χ0v) is 12.6. The normalized spacial score (nSPS) is 12.9. The molecule has 0 saturated carbocycles. The van der Waals surface area contributed by atoms with Crippen LogP contribution in [0.15, 0.2) is 54.0 Å². The van der Waals surface area contributed by atoms with E-state index in [0.717, 1.165) is 12.1 Å². The third-order valence-corrected chi connectivity index (χ3v) is 4.79. The molecule has 3 heteroatoms. The van der Waals surface area contributed by atoms with Crippen molar-refractivity contribution >= 4 is 22.2 Å². The van der Waals surface area contributed by atoms with E-state index in [4.69, 9.17) is 0 Å². The molecule has 0 amide bonds. The first kappa shape index (κ1) is 13.3. The van der Waals surface area contributed by atoms with E-state index >= 15 is 0 Å². The smallest absolute Gasteiger partial charge is 0.0746 e. The van der Waals surface area contributed by atoms with Crippen molar-refractivity contribution in [3.05, 3.63) is 64.5 Å². The lowest BCUT2D eigenvalue weighted by molar-refractivity contribution is 0.257. The topological polar surface area (TPSA) is 16.1 Å². The number of aromatic nitrogens is 1. The molecule has 20 heavy (non-hydrogen) atoms. The molecule has 2 aromatic heterocycles. The minimum absolute atomic E-state index is 0.425. The molecule has 3 aromatic rings. The predicted octanol–water partition coefficient (Wildman–Crippen LogP) is 4.49. The molecule has 102 valence electrons. The van der Waals surface area contributed by atoms with Gasteiger partial charge in [0.2, 0.25) is 0 Å². The van der Waals surface area contributed by atoms with Gasteiger partial charge >= 0.3 is 0 Å². The van der Waals surface area contributed by atoms with Gasteiger partial charge in [-0.3, -0.25) is 9.88 Å². The fraction of sp³-hybridized carbons (Fsp3) is 0.235. The zero-order chi connectivity index (χ0) is 13.9. The van der Waals surface area contributed by atoms with Crippen LogP contribution in [0.2, 0.25) is 0 Å². The average molecular weight is 282 g/mol. The summed E-state index contributed by atoms with van der Waals surface area (Å²) >= 11 is 1.82. The van der Waals surface area contributed by atoms with Crippen LogP contribution in [0.3, 0.4) is 0 Å². The second-order valence-corrected chi connectivity index (χ2v) is 6.08. The van der Waals surface area contributed by atoms with Crippen molar-refractivity contribution < 1.29 is 0 Å². The molecule has 0 bridgehead atoms. The van der Waals surface area contributed by atoms with Gasteiger partial charge in [0.1, 0.15) is 0 Å². The van der Waals surface area contributed by atoms with Crippen molar-refractivity contribution in [3.8, 4) is 0 Å². The number of rotatable bonds is 4. The van der Waals surface area contributed by atoms with Crippen molar-refractivity contribution in [2.45, 2.75) is 19.5 Å². The summed E-state index contributed by atoms with van der Waals surface area (Å²) < 4.78 is 0. The number of pyridine rings is 1. The third-order valence-electron chi connectivity index (χ3n) is 3.75. The van der Waals surface area contributed by atoms with Crippen molar-refractivity contribution in [2.75, 3.05) is 7.05 Å². The van der Waals surface area contributed by atoms with Gasteiger partial charge in [-0.1, -0.05) is 30.3 Å². The van der Waals surface area contributed by atoms with Crippen molar-refractivity contribution in [1.29, 1.82) is 0 Å². The van der Waals surface area contributed by atoms with E-state index in [2.05, 4.69) is 65.6 Å². The number of thiophene rings is 1. The molecule has 0 aliphatic rings. The quantitative estimate of drug-likeness (QED) is 0.701. The SMILES string of the molecule is CC(c1cccs1)N(C)Cc1cccc2cccnc12. The summed E-state index contributed by atoms with van der Waals surface area (Å²) in [5.74, 6) is 0. The predicted molar refractivity (Wildman–Crippen MR) is 85.9 cm³/mol. The van der Waals surface area contributed by atoms with Gasteiger partial charge in [-0.05, 0) is 37.0 Å². The number of hydrogen-bond donors (Lipinski definition) is 0. The van der Waals surface area contributed by atoms with Gasteiger partial charge in [0.15, 0.2) is 0 Å². The van der Waals surface area contributed by atoms with Gasteiger partial charge in [-0.25, -0.2) is 0 Å². The van der Waals surface area contributed by atoms with Crippen LogP contribution >= 0.6 is 11.3 Å². The summed E-state index contributed by atoms with van der Waals surface area (Å²) in [5, 5.41) is 3.35. The summed E-state index contributed by atoms with van der Waals surface area (Å²) in [5.41, 5.74) is 2.40. The Morgan fingerprint density at radius 3 is 2.80 bits per heavy atom. The molecule has 0 N–H and O–H groups in total. The fourth-order valence-corrected chi connectivity index (χ4v) is 3.30. The molecular weight excluding hydrogens is 264 g/mol.